The fourth-order valence-corrected chi connectivity index (χ4v) is 1.70. The average molecular weight is 275 g/mol. The Hall–Kier alpha value is -1.23. The first kappa shape index (κ1) is 15.8. The van der Waals surface area contributed by atoms with Crippen LogP contribution < -0.4 is 10.1 Å². The van der Waals surface area contributed by atoms with Crippen molar-refractivity contribution in [2.24, 2.45) is 0 Å². The van der Waals surface area contributed by atoms with Gasteiger partial charge in [-0.25, -0.2) is 0 Å². The smallest absolute Gasteiger partial charge is 0.401 e. The lowest BCUT2D eigenvalue weighted by Gasteiger charge is -2.16. The molecule has 1 aromatic rings. The summed E-state index contributed by atoms with van der Waals surface area (Å²) in [5, 5.41) is 2.31. The number of rotatable bonds is 7. The highest BCUT2D eigenvalue weighted by atomic mass is 19.4. The molecule has 0 amide bonds. The van der Waals surface area contributed by atoms with E-state index in [9.17, 15) is 13.2 Å². The van der Waals surface area contributed by atoms with Crippen LogP contribution in [0.4, 0.5) is 13.2 Å². The highest BCUT2D eigenvalue weighted by molar-refractivity contribution is 5.35. The van der Waals surface area contributed by atoms with Crippen LogP contribution in [0.3, 0.4) is 0 Å². The minimum absolute atomic E-state index is 0.175. The first-order valence-electron chi connectivity index (χ1n) is 6.43. The second-order valence-electron chi connectivity index (χ2n) is 4.49. The maximum absolute atomic E-state index is 11.9. The van der Waals surface area contributed by atoms with Crippen molar-refractivity contribution in [2.45, 2.75) is 32.4 Å². The van der Waals surface area contributed by atoms with Crippen LogP contribution in [0, 0.1) is 0 Å². The maximum atomic E-state index is 11.9. The molecule has 0 spiro atoms. The predicted molar refractivity (Wildman–Crippen MR) is 69.6 cm³/mol. The summed E-state index contributed by atoms with van der Waals surface area (Å²) in [7, 11) is 0. The maximum Gasteiger partial charge on any atom is 0.401 e. The Bertz CT molecular complexity index is 379. The van der Waals surface area contributed by atoms with E-state index < -0.39 is 12.7 Å². The molecule has 0 bridgehead atoms. The van der Waals surface area contributed by atoms with Crippen LogP contribution in [0.15, 0.2) is 24.3 Å². The summed E-state index contributed by atoms with van der Waals surface area (Å²) in [6.07, 6.45) is -3.18. The Morgan fingerprint density at radius 3 is 2.58 bits per heavy atom. The van der Waals surface area contributed by atoms with Gasteiger partial charge in [0.25, 0.3) is 0 Å². The van der Waals surface area contributed by atoms with Crippen molar-refractivity contribution in [1.29, 1.82) is 0 Å². The molecule has 1 atom stereocenters. The number of hydrogen-bond acceptors (Lipinski definition) is 2. The van der Waals surface area contributed by atoms with E-state index in [1.807, 2.05) is 24.3 Å². The number of benzene rings is 1. The number of alkyl halides is 3. The molecule has 0 aliphatic carbocycles. The summed E-state index contributed by atoms with van der Waals surface area (Å²) < 4.78 is 41.3. The second-order valence-corrected chi connectivity index (χ2v) is 4.49. The van der Waals surface area contributed by atoms with E-state index >= 15 is 0 Å². The fraction of sp³-hybridized carbons (Fsp3) is 0.571. The molecule has 1 unspecified atom stereocenters. The van der Waals surface area contributed by atoms with Crippen LogP contribution in [0.25, 0.3) is 0 Å². The molecular weight excluding hydrogens is 255 g/mol. The number of ether oxygens (including phenoxy) is 1. The summed E-state index contributed by atoms with van der Waals surface area (Å²) in [6.45, 7) is 3.61. The van der Waals surface area contributed by atoms with Crippen molar-refractivity contribution in [3.63, 3.8) is 0 Å². The van der Waals surface area contributed by atoms with Crippen molar-refractivity contribution in [3.05, 3.63) is 29.8 Å². The van der Waals surface area contributed by atoms with E-state index in [-0.39, 0.29) is 13.2 Å². The zero-order valence-electron chi connectivity index (χ0n) is 11.3. The Morgan fingerprint density at radius 1 is 1.26 bits per heavy atom. The van der Waals surface area contributed by atoms with Crippen LogP contribution in [-0.2, 0) is 0 Å². The van der Waals surface area contributed by atoms with Gasteiger partial charge in [0.05, 0.1) is 6.54 Å². The quantitative estimate of drug-likeness (QED) is 0.766. The van der Waals surface area contributed by atoms with Gasteiger partial charge in [-0.1, -0.05) is 32.0 Å². The van der Waals surface area contributed by atoms with Gasteiger partial charge in [0.1, 0.15) is 12.4 Å². The standard InChI is InChI=1S/C14H20F3NO/c1-3-11(2)12-6-4-5-7-13(12)19-9-8-18-10-14(15,16)17/h4-7,11,18H,3,8-10H2,1-2H3. The number of hydrogen-bond donors (Lipinski definition) is 1. The minimum Gasteiger partial charge on any atom is -0.492 e. The Kier molecular flexibility index (Phi) is 6.15. The molecule has 19 heavy (non-hydrogen) atoms. The van der Waals surface area contributed by atoms with Gasteiger partial charge in [0.15, 0.2) is 0 Å². The highest BCUT2D eigenvalue weighted by Gasteiger charge is 2.25. The summed E-state index contributed by atoms with van der Waals surface area (Å²) in [6, 6.07) is 7.65. The molecule has 0 heterocycles. The highest BCUT2D eigenvalue weighted by Crippen LogP contribution is 2.28. The Labute approximate surface area is 112 Å². The first-order chi connectivity index (χ1) is 8.94. The predicted octanol–water partition coefficient (Wildman–Crippen LogP) is 3.73. The molecule has 0 fully saturated rings. The van der Waals surface area contributed by atoms with E-state index in [2.05, 4.69) is 19.2 Å². The van der Waals surface area contributed by atoms with Crippen LogP contribution in [0.1, 0.15) is 31.7 Å². The third-order valence-corrected chi connectivity index (χ3v) is 2.92. The Morgan fingerprint density at radius 2 is 1.95 bits per heavy atom. The van der Waals surface area contributed by atoms with Gasteiger partial charge in [-0.15, -0.1) is 0 Å². The molecule has 0 saturated carbocycles. The number of nitrogens with one attached hydrogen (secondary N) is 1. The van der Waals surface area contributed by atoms with Crippen LogP contribution >= 0.6 is 0 Å². The lowest BCUT2D eigenvalue weighted by atomic mass is 9.98. The van der Waals surface area contributed by atoms with Gasteiger partial charge in [-0.2, -0.15) is 13.2 Å². The van der Waals surface area contributed by atoms with Gasteiger partial charge in [-0.05, 0) is 24.0 Å². The van der Waals surface area contributed by atoms with E-state index in [1.165, 1.54) is 0 Å². The lowest BCUT2D eigenvalue weighted by molar-refractivity contribution is -0.124. The molecule has 0 aromatic heterocycles. The molecule has 1 aromatic carbocycles. The van der Waals surface area contributed by atoms with Gasteiger partial charge in [-0.3, -0.25) is 0 Å². The SMILES string of the molecule is CCC(C)c1ccccc1OCCNCC(F)(F)F. The molecule has 1 rings (SSSR count). The molecular formula is C14H20F3NO. The van der Waals surface area contributed by atoms with Gasteiger partial charge < -0.3 is 10.1 Å². The summed E-state index contributed by atoms with van der Waals surface area (Å²) in [5.41, 5.74) is 1.10. The van der Waals surface area contributed by atoms with Gasteiger partial charge in [0, 0.05) is 6.54 Å². The largest absolute Gasteiger partial charge is 0.492 e. The van der Waals surface area contributed by atoms with Gasteiger partial charge >= 0.3 is 6.18 Å². The van der Waals surface area contributed by atoms with E-state index in [1.54, 1.807) is 0 Å². The molecule has 0 saturated heterocycles. The minimum atomic E-state index is -4.17. The van der Waals surface area contributed by atoms with Crippen molar-refractivity contribution >= 4 is 0 Å². The normalized spacial score (nSPS) is 13.3. The Balaban J connectivity index is 2.41. The topological polar surface area (TPSA) is 21.3 Å². The molecule has 108 valence electrons. The third-order valence-electron chi connectivity index (χ3n) is 2.92. The van der Waals surface area contributed by atoms with Crippen LogP contribution in [0.2, 0.25) is 0 Å². The van der Waals surface area contributed by atoms with Gasteiger partial charge in [0.2, 0.25) is 0 Å². The molecule has 0 radical (unpaired) electrons. The average Bonchev–Trinajstić information content (AvgIpc) is 2.36. The number of para-hydroxylation sites is 1. The molecule has 0 aliphatic rings. The summed E-state index contributed by atoms with van der Waals surface area (Å²) in [5.74, 6) is 1.13. The van der Waals surface area contributed by atoms with E-state index in [0.29, 0.717) is 5.92 Å². The monoisotopic (exact) mass is 275 g/mol. The molecule has 1 N–H and O–H groups in total. The van der Waals surface area contributed by atoms with Crippen molar-refractivity contribution in [3.8, 4) is 5.75 Å². The van der Waals surface area contributed by atoms with E-state index in [0.717, 1.165) is 17.7 Å². The fourth-order valence-electron chi connectivity index (χ4n) is 1.70. The van der Waals surface area contributed by atoms with Crippen molar-refractivity contribution in [1.82, 2.24) is 5.32 Å². The zero-order valence-corrected chi connectivity index (χ0v) is 11.3. The van der Waals surface area contributed by atoms with Crippen molar-refractivity contribution in [2.75, 3.05) is 19.7 Å². The molecule has 2 nitrogen and oxygen atoms in total. The first-order valence-corrected chi connectivity index (χ1v) is 6.43. The molecule has 5 heteroatoms. The summed E-state index contributed by atoms with van der Waals surface area (Å²) in [4.78, 5) is 0. The molecule has 0 aliphatic heterocycles. The van der Waals surface area contributed by atoms with Crippen LogP contribution in [0.5, 0.6) is 5.75 Å². The summed E-state index contributed by atoms with van der Waals surface area (Å²) >= 11 is 0. The van der Waals surface area contributed by atoms with E-state index in [4.69, 9.17) is 4.74 Å². The van der Waals surface area contributed by atoms with Crippen LogP contribution in [-0.4, -0.2) is 25.9 Å². The zero-order chi connectivity index (χ0) is 14.3. The lowest BCUT2D eigenvalue weighted by Crippen LogP contribution is -2.31. The third kappa shape index (κ3) is 5.96. The number of halogens is 3. The second kappa shape index (κ2) is 7.38. The van der Waals surface area contributed by atoms with Crippen molar-refractivity contribution < 1.29 is 17.9 Å².